The van der Waals surface area contributed by atoms with Crippen molar-refractivity contribution in [3.63, 3.8) is 0 Å². The molecule has 3 heteroatoms. The van der Waals surface area contributed by atoms with Gasteiger partial charge in [0.2, 0.25) is 0 Å². The van der Waals surface area contributed by atoms with Gasteiger partial charge in [-0.1, -0.05) is 0 Å². The molecule has 0 heterocycles. The van der Waals surface area contributed by atoms with Crippen LogP contribution >= 0.6 is 12.6 Å². The fraction of sp³-hybridized carbons (Fsp3) is 0.917. The second kappa shape index (κ2) is 3.41. The molecule has 4 aliphatic carbocycles. The first kappa shape index (κ1) is 10.0. The van der Waals surface area contributed by atoms with Crippen LogP contribution in [0.2, 0.25) is 0 Å². The lowest BCUT2D eigenvalue weighted by Crippen LogP contribution is -2.50. The van der Waals surface area contributed by atoms with Crippen molar-refractivity contribution in [1.29, 1.82) is 0 Å². The quantitative estimate of drug-likeness (QED) is 0.421. The molecule has 4 fully saturated rings. The van der Waals surface area contributed by atoms with Crippen LogP contribution in [0.5, 0.6) is 0 Å². The molecule has 0 aromatic heterocycles. The number of thiol groups is 1. The largest absolute Gasteiger partial charge is 0.387 e. The Bertz CT molecular complexity index is 263. The Morgan fingerprint density at radius 1 is 1.13 bits per heavy atom. The van der Waals surface area contributed by atoms with E-state index in [0.717, 1.165) is 23.6 Å². The summed E-state index contributed by atoms with van der Waals surface area (Å²) in [4.78, 5) is 4.81. The minimum Gasteiger partial charge on any atom is -0.387 e. The molecule has 0 radical (unpaired) electrons. The maximum absolute atomic E-state index is 5.87. The standard InChI is InChI=1S/C12H20N2S/c13-11(7-15)14-12-4-8-1-9(5-12)3-10(2-8)6-12/h8-10,15H,1-7H2,(H2,13,14). The summed E-state index contributed by atoms with van der Waals surface area (Å²) >= 11 is 4.21. The van der Waals surface area contributed by atoms with Gasteiger partial charge in [0, 0.05) is 5.75 Å². The zero-order chi connectivity index (χ0) is 10.5. The van der Waals surface area contributed by atoms with E-state index in [2.05, 4.69) is 12.6 Å². The van der Waals surface area contributed by atoms with E-state index in [1.54, 1.807) is 0 Å². The smallest absolute Gasteiger partial charge is 0.104 e. The molecule has 0 unspecified atom stereocenters. The fourth-order valence-electron chi connectivity index (χ4n) is 4.54. The Balaban J connectivity index is 1.87. The molecule has 4 saturated carbocycles. The molecule has 4 aliphatic rings. The molecule has 0 spiro atoms. The molecule has 0 aliphatic heterocycles. The highest BCUT2D eigenvalue weighted by Gasteiger charge is 2.50. The molecule has 0 aromatic carbocycles. The molecule has 4 bridgehead atoms. The second-order valence-electron chi connectivity index (χ2n) is 5.90. The lowest BCUT2D eigenvalue weighted by atomic mass is 9.53. The van der Waals surface area contributed by atoms with Crippen molar-refractivity contribution in [3.8, 4) is 0 Å². The fourth-order valence-corrected chi connectivity index (χ4v) is 4.61. The lowest BCUT2D eigenvalue weighted by molar-refractivity contribution is 0.00163. The highest BCUT2D eigenvalue weighted by molar-refractivity contribution is 7.81. The van der Waals surface area contributed by atoms with Gasteiger partial charge in [0.15, 0.2) is 0 Å². The van der Waals surface area contributed by atoms with E-state index in [0.29, 0.717) is 5.75 Å². The SMILES string of the molecule is NC(CS)=NC12CC3CC(CC(C3)C1)C2. The highest BCUT2D eigenvalue weighted by atomic mass is 32.1. The first-order chi connectivity index (χ1) is 7.19. The van der Waals surface area contributed by atoms with Crippen LogP contribution in [0.1, 0.15) is 38.5 Å². The van der Waals surface area contributed by atoms with Gasteiger partial charge in [0.1, 0.15) is 5.84 Å². The minimum absolute atomic E-state index is 0.238. The number of hydrogen-bond donors (Lipinski definition) is 2. The van der Waals surface area contributed by atoms with E-state index in [-0.39, 0.29) is 5.54 Å². The van der Waals surface area contributed by atoms with E-state index < -0.39 is 0 Å². The monoisotopic (exact) mass is 224 g/mol. The summed E-state index contributed by atoms with van der Waals surface area (Å²) in [6.07, 6.45) is 8.30. The molecule has 0 aromatic rings. The van der Waals surface area contributed by atoms with Gasteiger partial charge in [-0.3, -0.25) is 4.99 Å². The third-order valence-corrected chi connectivity index (χ3v) is 4.87. The van der Waals surface area contributed by atoms with Crippen LogP contribution in [0, 0.1) is 17.8 Å². The van der Waals surface area contributed by atoms with Crippen LogP contribution in [-0.2, 0) is 0 Å². The average Bonchev–Trinajstić information content (AvgIpc) is 2.14. The average molecular weight is 224 g/mol. The zero-order valence-electron chi connectivity index (χ0n) is 9.15. The van der Waals surface area contributed by atoms with Gasteiger partial charge in [-0.25, -0.2) is 0 Å². The van der Waals surface area contributed by atoms with E-state index >= 15 is 0 Å². The van der Waals surface area contributed by atoms with Gasteiger partial charge in [-0.15, -0.1) is 0 Å². The summed E-state index contributed by atoms with van der Waals surface area (Å²) < 4.78 is 0. The van der Waals surface area contributed by atoms with E-state index in [4.69, 9.17) is 10.7 Å². The topological polar surface area (TPSA) is 38.4 Å². The Hall–Kier alpha value is -0.180. The summed E-state index contributed by atoms with van der Waals surface area (Å²) in [5.74, 6) is 4.22. The van der Waals surface area contributed by atoms with Crippen LogP contribution in [-0.4, -0.2) is 17.1 Å². The van der Waals surface area contributed by atoms with Crippen molar-refractivity contribution in [2.24, 2.45) is 28.5 Å². The van der Waals surface area contributed by atoms with Crippen LogP contribution in [0.3, 0.4) is 0 Å². The molecular weight excluding hydrogens is 204 g/mol. The first-order valence-corrected chi connectivity index (χ1v) is 6.77. The maximum Gasteiger partial charge on any atom is 0.104 e. The zero-order valence-corrected chi connectivity index (χ0v) is 10.0. The molecule has 2 N–H and O–H groups in total. The Morgan fingerprint density at radius 2 is 1.60 bits per heavy atom. The predicted octanol–water partition coefficient (Wildman–Crippen LogP) is 2.24. The predicted molar refractivity (Wildman–Crippen MR) is 66.4 cm³/mol. The summed E-state index contributed by atoms with van der Waals surface area (Å²) in [6.45, 7) is 0. The number of nitrogens with two attached hydrogens (primary N) is 1. The molecule has 84 valence electrons. The third kappa shape index (κ3) is 1.69. The third-order valence-electron chi connectivity index (χ3n) is 4.55. The van der Waals surface area contributed by atoms with Crippen LogP contribution < -0.4 is 5.73 Å². The van der Waals surface area contributed by atoms with Crippen molar-refractivity contribution >= 4 is 18.5 Å². The summed E-state index contributed by atoms with van der Waals surface area (Å²) in [7, 11) is 0. The Kier molecular flexibility index (Phi) is 2.27. The van der Waals surface area contributed by atoms with Crippen molar-refractivity contribution in [2.75, 3.05) is 5.75 Å². The number of nitrogens with zero attached hydrogens (tertiary/aromatic N) is 1. The van der Waals surface area contributed by atoms with Crippen LogP contribution in [0.25, 0.3) is 0 Å². The highest BCUT2D eigenvalue weighted by Crippen LogP contribution is 2.57. The molecule has 15 heavy (non-hydrogen) atoms. The van der Waals surface area contributed by atoms with Crippen molar-refractivity contribution in [1.82, 2.24) is 0 Å². The van der Waals surface area contributed by atoms with Gasteiger partial charge in [-0.2, -0.15) is 12.6 Å². The number of aliphatic imine (C=N–C) groups is 1. The molecule has 4 rings (SSSR count). The summed E-state index contributed by atoms with van der Waals surface area (Å²) in [6, 6.07) is 0. The number of amidine groups is 1. The Morgan fingerprint density at radius 3 is 2.00 bits per heavy atom. The second-order valence-corrected chi connectivity index (χ2v) is 6.22. The summed E-state index contributed by atoms with van der Waals surface area (Å²) in [5.41, 5.74) is 6.11. The van der Waals surface area contributed by atoms with Crippen LogP contribution in [0.4, 0.5) is 0 Å². The van der Waals surface area contributed by atoms with E-state index in [9.17, 15) is 0 Å². The maximum atomic E-state index is 5.87. The van der Waals surface area contributed by atoms with Gasteiger partial charge < -0.3 is 5.73 Å². The normalized spacial score (nSPS) is 48.6. The van der Waals surface area contributed by atoms with Gasteiger partial charge in [0.25, 0.3) is 0 Å². The molecule has 0 amide bonds. The van der Waals surface area contributed by atoms with Crippen molar-refractivity contribution < 1.29 is 0 Å². The number of rotatable bonds is 2. The first-order valence-electron chi connectivity index (χ1n) is 6.14. The van der Waals surface area contributed by atoms with Crippen molar-refractivity contribution in [3.05, 3.63) is 0 Å². The van der Waals surface area contributed by atoms with E-state index in [1.807, 2.05) is 0 Å². The number of hydrogen-bond acceptors (Lipinski definition) is 2. The Labute approximate surface area is 97.1 Å². The summed E-state index contributed by atoms with van der Waals surface area (Å²) in [5, 5.41) is 0. The van der Waals surface area contributed by atoms with Gasteiger partial charge in [-0.05, 0) is 56.3 Å². The molecule has 0 atom stereocenters. The van der Waals surface area contributed by atoms with Crippen LogP contribution in [0.15, 0.2) is 4.99 Å². The van der Waals surface area contributed by atoms with Crippen molar-refractivity contribution in [2.45, 2.75) is 44.1 Å². The van der Waals surface area contributed by atoms with Gasteiger partial charge >= 0.3 is 0 Å². The van der Waals surface area contributed by atoms with Gasteiger partial charge in [0.05, 0.1) is 5.54 Å². The molecule has 2 nitrogen and oxygen atoms in total. The van der Waals surface area contributed by atoms with E-state index in [1.165, 1.54) is 38.5 Å². The lowest BCUT2D eigenvalue weighted by Gasteiger charge is -2.55. The molecule has 0 saturated heterocycles. The minimum atomic E-state index is 0.238. The molecular formula is C12H20N2S.